The summed E-state index contributed by atoms with van der Waals surface area (Å²) in [6.45, 7) is 2.89. The van der Waals surface area contributed by atoms with E-state index in [1.165, 1.54) is 25.6 Å². The summed E-state index contributed by atoms with van der Waals surface area (Å²) in [5, 5.41) is 3.00. The SMILES string of the molecule is CC(=O)C(C(C)=O)=C1Sc2ccc3ccccc3c2N1C. The monoisotopic (exact) mass is 297 g/mol. The topological polar surface area (TPSA) is 37.4 Å². The van der Waals surface area contributed by atoms with Crippen LogP contribution in [0.15, 0.2) is 51.9 Å². The standard InChI is InChI=1S/C17H15NO2S/c1-10(19)15(11(2)20)17-18(3)16-13-7-5-4-6-12(13)8-9-14(16)21-17/h4-9H,1-3H3. The molecular formula is C17H15NO2S. The van der Waals surface area contributed by atoms with Gasteiger partial charge in [-0.1, -0.05) is 42.1 Å². The number of rotatable bonds is 2. The van der Waals surface area contributed by atoms with Gasteiger partial charge in [0.05, 0.1) is 16.3 Å². The highest BCUT2D eigenvalue weighted by Gasteiger charge is 2.29. The van der Waals surface area contributed by atoms with Crippen molar-refractivity contribution in [1.82, 2.24) is 0 Å². The van der Waals surface area contributed by atoms with Crippen LogP contribution in [0.3, 0.4) is 0 Å². The highest BCUT2D eigenvalue weighted by Crippen LogP contribution is 2.49. The predicted molar refractivity (Wildman–Crippen MR) is 86.6 cm³/mol. The second-order valence-electron chi connectivity index (χ2n) is 5.09. The molecule has 106 valence electrons. The molecule has 0 amide bonds. The summed E-state index contributed by atoms with van der Waals surface area (Å²) < 4.78 is 0. The van der Waals surface area contributed by atoms with Crippen molar-refractivity contribution in [1.29, 1.82) is 0 Å². The van der Waals surface area contributed by atoms with Gasteiger partial charge in [-0.05, 0) is 25.3 Å². The molecule has 4 heteroatoms. The number of ketones is 2. The van der Waals surface area contributed by atoms with Crippen LogP contribution in [-0.2, 0) is 9.59 Å². The Morgan fingerprint density at radius 2 is 1.67 bits per heavy atom. The number of hydrogen-bond acceptors (Lipinski definition) is 4. The van der Waals surface area contributed by atoms with Gasteiger partial charge in [0.25, 0.3) is 0 Å². The van der Waals surface area contributed by atoms with Crippen LogP contribution < -0.4 is 4.90 Å². The van der Waals surface area contributed by atoms with E-state index in [2.05, 4.69) is 18.2 Å². The highest BCUT2D eigenvalue weighted by molar-refractivity contribution is 8.03. The lowest BCUT2D eigenvalue weighted by atomic mass is 10.1. The number of fused-ring (bicyclic) bond motifs is 3. The van der Waals surface area contributed by atoms with E-state index >= 15 is 0 Å². The van der Waals surface area contributed by atoms with Gasteiger partial charge < -0.3 is 4.90 Å². The Hall–Kier alpha value is -2.07. The number of thioether (sulfide) groups is 1. The van der Waals surface area contributed by atoms with Crippen molar-refractivity contribution in [3.8, 4) is 0 Å². The summed E-state index contributed by atoms with van der Waals surface area (Å²) in [6, 6.07) is 12.2. The molecule has 3 nitrogen and oxygen atoms in total. The van der Waals surface area contributed by atoms with Crippen molar-refractivity contribution >= 4 is 39.8 Å². The summed E-state index contributed by atoms with van der Waals surface area (Å²) in [4.78, 5) is 26.7. The molecule has 0 unspecified atom stereocenters. The van der Waals surface area contributed by atoms with Crippen molar-refractivity contribution in [3.05, 3.63) is 47.0 Å². The quantitative estimate of drug-likeness (QED) is 0.480. The molecule has 1 aliphatic heterocycles. The lowest BCUT2D eigenvalue weighted by Gasteiger charge is -2.17. The van der Waals surface area contributed by atoms with E-state index in [0.717, 1.165) is 26.4 Å². The van der Waals surface area contributed by atoms with Gasteiger partial charge in [-0.3, -0.25) is 9.59 Å². The molecule has 2 aromatic carbocycles. The molecule has 0 aromatic heterocycles. The zero-order chi connectivity index (χ0) is 15.1. The Kier molecular flexibility index (Phi) is 3.33. The van der Waals surface area contributed by atoms with Crippen molar-refractivity contribution < 1.29 is 9.59 Å². The summed E-state index contributed by atoms with van der Waals surface area (Å²) in [6.07, 6.45) is 0. The first-order valence-electron chi connectivity index (χ1n) is 6.70. The normalized spacial score (nSPS) is 13.5. The van der Waals surface area contributed by atoms with E-state index < -0.39 is 0 Å². The Balaban J connectivity index is 2.26. The van der Waals surface area contributed by atoms with Crippen LogP contribution >= 0.6 is 11.8 Å². The van der Waals surface area contributed by atoms with Gasteiger partial charge in [0.2, 0.25) is 0 Å². The van der Waals surface area contributed by atoms with E-state index in [-0.39, 0.29) is 17.1 Å². The minimum absolute atomic E-state index is 0.186. The molecule has 0 atom stereocenters. The third-order valence-electron chi connectivity index (χ3n) is 3.63. The lowest BCUT2D eigenvalue weighted by Crippen LogP contribution is -2.18. The minimum Gasteiger partial charge on any atom is -0.337 e. The van der Waals surface area contributed by atoms with Crippen LogP contribution in [0.2, 0.25) is 0 Å². The first-order valence-corrected chi connectivity index (χ1v) is 7.52. The molecule has 3 rings (SSSR count). The van der Waals surface area contributed by atoms with Crippen molar-refractivity contribution in [2.75, 3.05) is 11.9 Å². The van der Waals surface area contributed by atoms with Crippen LogP contribution in [0.1, 0.15) is 13.8 Å². The number of carbonyl (C=O) groups excluding carboxylic acids is 2. The maximum atomic E-state index is 11.8. The van der Waals surface area contributed by atoms with Crippen LogP contribution in [0.4, 0.5) is 5.69 Å². The molecule has 1 heterocycles. The molecule has 0 N–H and O–H groups in total. The number of allylic oxidation sites excluding steroid dienone is 1. The molecule has 0 spiro atoms. The third-order valence-corrected chi connectivity index (χ3v) is 4.85. The number of hydrogen-bond donors (Lipinski definition) is 0. The minimum atomic E-state index is -0.186. The Labute approximate surface area is 127 Å². The average molecular weight is 297 g/mol. The summed E-state index contributed by atoms with van der Waals surface area (Å²) >= 11 is 1.49. The first-order chi connectivity index (χ1) is 10.0. The molecule has 0 bridgehead atoms. The number of carbonyl (C=O) groups is 2. The second-order valence-corrected chi connectivity index (χ2v) is 6.12. The van der Waals surface area contributed by atoms with Gasteiger partial charge >= 0.3 is 0 Å². The molecule has 21 heavy (non-hydrogen) atoms. The molecule has 1 aliphatic rings. The molecule has 0 fully saturated rings. The Bertz CT molecular complexity index is 792. The van der Waals surface area contributed by atoms with Crippen molar-refractivity contribution in [3.63, 3.8) is 0 Å². The molecule has 0 saturated carbocycles. The van der Waals surface area contributed by atoms with Crippen LogP contribution in [0.25, 0.3) is 10.8 Å². The van der Waals surface area contributed by atoms with Crippen molar-refractivity contribution in [2.45, 2.75) is 18.7 Å². The largest absolute Gasteiger partial charge is 0.337 e. The molecule has 0 radical (unpaired) electrons. The molecule has 0 aliphatic carbocycles. The average Bonchev–Trinajstić information content (AvgIpc) is 2.76. The fourth-order valence-corrected chi connectivity index (χ4v) is 4.01. The summed E-state index contributed by atoms with van der Waals surface area (Å²) in [5.74, 6) is -0.372. The molecule has 2 aromatic rings. The highest BCUT2D eigenvalue weighted by atomic mass is 32.2. The van der Waals surface area contributed by atoms with E-state index in [1.807, 2.05) is 30.1 Å². The Morgan fingerprint density at radius 3 is 2.33 bits per heavy atom. The first kappa shape index (κ1) is 13.9. The fraction of sp³-hybridized carbons (Fsp3) is 0.176. The van der Waals surface area contributed by atoms with Gasteiger partial charge in [-0.15, -0.1) is 0 Å². The fourth-order valence-electron chi connectivity index (χ4n) is 2.71. The van der Waals surface area contributed by atoms with Crippen LogP contribution in [0, 0.1) is 0 Å². The zero-order valence-electron chi connectivity index (χ0n) is 12.1. The molecule has 0 saturated heterocycles. The van der Waals surface area contributed by atoms with E-state index in [0.29, 0.717) is 0 Å². The number of benzene rings is 2. The van der Waals surface area contributed by atoms with E-state index in [4.69, 9.17) is 0 Å². The lowest BCUT2D eigenvalue weighted by molar-refractivity contribution is -0.119. The maximum absolute atomic E-state index is 11.8. The predicted octanol–water partition coefficient (Wildman–Crippen LogP) is 3.77. The van der Waals surface area contributed by atoms with Crippen LogP contribution in [-0.4, -0.2) is 18.6 Å². The molecular weight excluding hydrogens is 282 g/mol. The third kappa shape index (κ3) is 2.16. The van der Waals surface area contributed by atoms with Crippen molar-refractivity contribution in [2.24, 2.45) is 0 Å². The number of anilines is 1. The maximum Gasteiger partial charge on any atom is 0.166 e. The van der Waals surface area contributed by atoms with E-state index in [9.17, 15) is 9.59 Å². The number of nitrogens with zero attached hydrogens (tertiary/aromatic N) is 1. The van der Waals surface area contributed by atoms with Gasteiger partial charge in [-0.2, -0.15) is 0 Å². The smallest absolute Gasteiger partial charge is 0.166 e. The van der Waals surface area contributed by atoms with Gasteiger partial charge in [-0.25, -0.2) is 0 Å². The zero-order valence-corrected chi connectivity index (χ0v) is 13.0. The van der Waals surface area contributed by atoms with Gasteiger partial charge in [0.15, 0.2) is 11.6 Å². The van der Waals surface area contributed by atoms with E-state index in [1.54, 1.807) is 0 Å². The summed E-state index contributed by atoms with van der Waals surface area (Å²) in [7, 11) is 1.91. The Morgan fingerprint density at radius 1 is 1.00 bits per heavy atom. The number of Topliss-reactive ketones (excluding diaryl/α,β-unsaturated/α-hetero) is 2. The van der Waals surface area contributed by atoms with Crippen LogP contribution in [0.5, 0.6) is 0 Å². The van der Waals surface area contributed by atoms with Gasteiger partial charge in [0, 0.05) is 17.3 Å². The summed E-state index contributed by atoms with van der Waals surface area (Å²) in [5.41, 5.74) is 1.34. The van der Waals surface area contributed by atoms with Gasteiger partial charge in [0.1, 0.15) is 0 Å². The second kappa shape index (κ2) is 5.04.